The third-order valence-corrected chi connectivity index (χ3v) is 5.12. The molecule has 0 saturated carbocycles. The van der Waals surface area contributed by atoms with Crippen LogP contribution in [0.15, 0.2) is 96.2 Å². The monoisotopic (exact) mass is 384 g/mol. The van der Waals surface area contributed by atoms with Crippen LogP contribution < -0.4 is 4.74 Å². The molecule has 4 heteroatoms. The van der Waals surface area contributed by atoms with Crippen molar-refractivity contribution in [1.82, 2.24) is 9.97 Å². The number of hydrogen-bond donors (Lipinski definition) is 0. The van der Waals surface area contributed by atoms with Gasteiger partial charge in [-0.05, 0) is 24.6 Å². The largest absolute Gasteiger partial charge is 0.439 e. The summed E-state index contributed by atoms with van der Waals surface area (Å²) in [6, 6.07) is 30.3. The second-order valence-electron chi connectivity index (χ2n) is 6.43. The van der Waals surface area contributed by atoms with E-state index < -0.39 is 0 Å². The fourth-order valence-electron chi connectivity index (χ4n) is 2.73. The zero-order valence-corrected chi connectivity index (χ0v) is 16.4. The molecule has 1 aromatic heterocycles. The molecule has 0 aliphatic rings. The minimum atomic E-state index is 0.549. The molecule has 138 valence electrons. The van der Waals surface area contributed by atoms with E-state index in [0.717, 1.165) is 22.8 Å². The van der Waals surface area contributed by atoms with Crippen molar-refractivity contribution < 1.29 is 4.74 Å². The fraction of sp³-hybridized carbons (Fsp3) is 0.0833. The lowest BCUT2D eigenvalue weighted by atomic mass is 10.1. The molecular formula is C24H20N2OS. The van der Waals surface area contributed by atoms with E-state index in [9.17, 15) is 0 Å². The predicted molar refractivity (Wildman–Crippen MR) is 115 cm³/mol. The van der Waals surface area contributed by atoms with Gasteiger partial charge in [0.25, 0.3) is 0 Å². The molecule has 0 amide bonds. The molecule has 0 aliphatic carbocycles. The number of rotatable bonds is 6. The summed E-state index contributed by atoms with van der Waals surface area (Å²) >= 11 is 1.61. The summed E-state index contributed by atoms with van der Waals surface area (Å²) in [5.41, 5.74) is 4.33. The van der Waals surface area contributed by atoms with Gasteiger partial charge in [0.1, 0.15) is 5.75 Å². The summed E-state index contributed by atoms with van der Waals surface area (Å²) in [6.45, 7) is 2.06. The first-order valence-electron chi connectivity index (χ1n) is 9.12. The van der Waals surface area contributed by atoms with Crippen LogP contribution in [0.5, 0.6) is 11.6 Å². The van der Waals surface area contributed by atoms with E-state index in [1.807, 2.05) is 78.9 Å². The number of hydrogen-bond acceptors (Lipinski definition) is 4. The maximum atomic E-state index is 6.02. The van der Waals surface area contributed by atoms with Crippen LogP contribution in [-0.4, -0.2) is 9.97 Å². The van der Waals surface area contributed by atoms with Gasteiger partial charge in [-0.15, -0.1) is 0 Å². The van der Waals surface area contributed by atoms with Crippen LogP contribution >= 0.6 is 11.8 Å². The van der Waals surface area contributed by atoms with Gasteiger partial charge in [0.05, 0.1) is 5.69 Å². The molecule has 0 fully saturated rings. The van der Waals surface area contributed by atoms with Crippen molar-refractivity contribution in [2.24, 2.45) is 0 Å². The van der Waals surface area contributed by atoms with Crippen molar-refractivity contribution in [2.45, 2.75) is 17.8 Å². The second kappa shape index (κ2) is 8.72. The topological polar surface area (TPSA) is 35.0 Å². The Labute approximate surface area is 169 Å². The molecule has 28 heavy (non-hydrogen) atoms. The lowest BCUT2D eigenvalue weighted by molar-refractivity contribution is 0.456. The predicted octanol–water partition coefficient (Wildman–Crippen LogP) is 6.54. The number of aromatic nitrogens is 2. The Kier molecular flexibility index (Phi) is 5.69. The maximum absolute atomic E-state index is 6.02. The molecule has 4 aromatic rings. The third kappa shape index (κ3) is 4.78. The summed E-state index contributed by atoms with van der Waals surface area (Å²) < 4.78 is 6.02. The molecule has 4 rings (SSSR count). The van der Waals surface area contributed by atoms with Gasteiger partial charge in [-0.3, -0.25) is 0 Å². The molecule has 0 radical (unpaired) electrons. The van der Waals surface area contributed by atoms with Gasteiger partial charge >= 0.3 is 0 Å². The number of ether oxygens (including phenoxy) is 1. The third-order valence-electron chi connectivity index (χ3n) is 4.21. The quantitative estimate of drug-likeness (QED) is 0.279. The zero-order valence-electron chi connectivity index (χ0n) is 15.6. The summed E-state index contributed by atoms with van der Waals surface area (Å²) in [6.07, 6.45) is 0. The van der Waals surface area contributed by atoms with Crippen molar-refractivity contribution in [1.29, 1.82) is 0 Å². The average molecular weight is 385 g/mol. The van der Waals surface area contributed by atoms with Crippen LogP contribution in [0.25, 0.3) is 11.3 Å². The minimum absolute atomic E-state index is 0.549. The summed E-state index contributed by atoms with van der Waals surface area (Å²) in [5, 5.41) is 0.701. The Morgan fingerprint density at radius 1 is 0.786 bits per heavy atom. The molecule has 0 bridgehead atoms. The van der Waals surface area contributed by atoms with Crippen molar-refractivity contribution >= 4 is 11.8 Å². The highest BCUT2D eigenvalue weighted by Crippen LogP contribution is 2.29. The molecule has 0 atom stereocenters. The zero-order chi connectivity index (χ0) is 19.2. The van der Waals surface area contributed by atoms with Crippen molar-refractivity contribution in [3.05, 3.63) is 102 Å². The molecule has 0 unspecified atom stereocenters. The van der Waals surface area contributed by atoms with Gasteiger partial charge in [-0.25, -0.2) is 4.98 Å². The van der Waals surface area contributed by atoms with E-state index >= 15 is 0 Å². The number of nitrogens with zero attached hydrogens (tertiary/aromatic N) is 2. The Morgan fingerprint density at radius 2 is 1.46 bits per heavy atom. The van der Waals surface area contributed by atoms with Gasteiger partial charge in [0.2, 0.25) is 5.88 Å². The molecule has 3 aromatic carbocycles. The first kappa shape index (κ1) is 18.3. The van der Waals surface area contributed by atoms with Crippen molar-refractivity contribution in [3.63, 3.8) is 0 Å². The Bertz CT molecular complexity index is 1040. The van der Waals surface area contributed by atoms with Crippen LogP contribution in [0, 0.1) is 6.92 Å². The molecule has 1 heterocycles. The highest BCUT2D eigenvalue weighted by Gasteiger charge is 2.10. The van der Waals surface area contributed by atoms with E-state index in [0.29, 0.717) is 11.0 Å². The van der Waals surface area contributed by atoms with Crippen LogP contribution in [-0.2, 0) is 5.75 Å². The van der Waals surface area contributed by atoms with Gasteiger partial charge < -0.3 is 4.74 Å². The number of aryl methyl sites for hydroxylation is 1. The van der Waals surface area contributed by atoms with Crippen molar-refractivity contribution in [2.75, 3.05) is 0 Å². The molecule has 3 nitrogen and oxygen atoms in total. The van der Waals surface area contributed by atoms with E-state index in [2.05, 4.69) is 24.0 Å². The maximum Gasteiger partial charge on any atom is 0.223 e. The molecule has 0 saturated heterocycles. The minimum Gasteiger partial charge on any atom is -0.439 e. The van der Waals surface area contributed by atoms with Gasteiger partial charge in [0, 0.05) is 17.4 Å². The summed E-state index contributed by atoms with van der Waals surface area (Å²) in [5.74, 6) is 2.12. The van der Waals surface area contributed by atoms with E-state index in [1.165, 1.54) is 11.1 Å². The van der Waals surface area contributed by atoms with Crippen LogP contribution in [0.3, 0.4) is 0 Å². The molecule has 0 N–H and O–H groups in total. The first-order chi connectivity index (χ1) is 13.8. The van der Waals surface area contributed by atoms with Crippen molar-refractivity contribution in [3.8, 4) is 22.9 Å². The number of benzene rings is 3. The van der Waals surface area contributed by atoms with Gasteiger partial charge in [-0.2, -0.15) is 4.98 Å². The van der Waals surface area contributed by atoms with Gasteiger partial charge in [-0.1, -0.05) is 90.1 Å². The lowest BCUT2D eigenvalue weighted by Crippen LogP contribution is -1.96. The highest BCUT2D eigenvalue weighted by molar-refractivity contribution is 7.98. The Hall–Kier alpha value is -3.11. The SMILES string of the molecule is Cc1ccc(Oc2cc(-c3ccccc3)nc(SCc3ccccc3)n2)cc1. The van der Waals surface area contributed by atoms with Crippen LogP contribution in [0.2, 0.25) is 0 Å². The van der Waals surface area contributed by atoms with Crippen LogP contribution in [0.1, 0.15) is 11.1 Å². The lowest BCUT2D eigenvalue weighted by Gasteiger charge is -2.10. The van der Waals surface area contributed by atoms with Crippen LogP contribution in [0.4, 0.5) is 0 Å². The average Bonchev–Trinajstić information content (AvgIpc) is 2.75. The van der Waals surface area contributed by atoms with Gasteiger partial charge in [0.15, 0.2) is 5.16 Å². The highest BCUT2D eigenvalue weighted by atomic mass is 32.2. The summed E-state index contributed by atoms with van der Waals surface area (Å²) in [4.78, 5) is 9.37. The fourth-order valence-corrected chi connectivity index (χ4v) is 3.53. The standard InChI is InChI=1S/C24H20N2OS/c1-18-12-14-21(15-13-18)27-23-16-22(20-10-6-3-7-11-20)25-24(26-23)28-17-19-8-4-2-5-9-19/h2-16H,17H2,1H3. The summed E-state index contributed by atoms with van der Waals surface area (Å²) in [7, 11) is 0. The molecular weight excluding hydrogens is 364 g/mol. The first-order valence-corrected chi connectivity index (χ1v) is 10.1. The van der Waals surface area contributed by atoms with E-state index in [4.69, 9.17) is 9.72 Å². The number of thioether (sulfide) groups is 1. The molecule has 0 aliphatic heterocycles. The van der Waals surface area contributed by atoms with E-state index in [1.54, 1.807) is 11.8 Å². The second-order valence-corrected chi connectivity index (χ2v) is 7.37. The smallest absolute Gasteiger partial charge is 0.223 e. The van der Waals surface area contributed by atoms with E-state index in [-0.39, 0.29) is 0 Å². The normalized spacial score (nSPS) is 10.6. The Morgan fingerprint density at radius 3 is 2.18 bits per heavy atom. The molecule has 0 spiro atoms. The Balaban J connectivity index is 1.63.